The number of pyridine rings is 1. The van der Waals surface area contributed by atoms with Gasteiger partial charge in [0.15, 0.2) is 0 Å². The normalized spacial score (nSPS) is 11.0. The molecular weight excluding hydrogens is 316 g/mol. The van der Waals surface area contributed by atoms with E-state index in [2.05, 4.69) is 15.0 Å². The van der Waals surface area contributed by atoms with Gasteiger partial charge in [-0.05, 0) is 37.1 Å². The molecule has 1 aromatic carbocycles. The van der Waals surface area contributed by atoms with E-state index in [1.54, 1.807) is 18.0 Å². The Hall–Kier alpha value is -2.89. The lowest BCUT2D eigenvalue weighted by Crippen LogP contribution is -2.33. The number of para-hydroxylation sites is 2. The van der Waals surface area contributed by atoms with Crippen molar-refractivity contribution in [3.8, 4) is 0 Å². The Morgan fingerprint density at radius 2 is 2.00 bits per heavy atom. The van der Waals surface area contributed by atoms with E-state index >= 15 is 0 Å². The summed E-state index contributed by atoms with van der Waals surface area (Å²) in [7, 11) is 1.70. The number of nitrogens with zero attached hydrogens (tertiary/aromatic N) is 2. The first kappa shape index (κ1) is 17.0. The van der Waals surface area contributed by atoms with Gasteiger partial charge in [-0.25, -0.2) is 4.98 Å². The minimum absolute atomic E-state index is 0.182. The van der Waals surface area contributed by atoms with Crippen molar-refractivity contribution in [3.05, 3.63) is 63.3 Å². The zero-order valence-corrected chi connectivity index (χ0v) is 14.7. The fourth-order valence-corrected chi connectivity index (χ4v) is 2.90. The van der Waals surface area contributed by atoms with Gasteiger partial charge in [0.05, 0.1) is 11.0 Å². The fraction of sp³-hybridized carbons (Fsp3) is 0.316. The average Bonchev–Trinajstić information content (AvgIpc) is 3.03. The van der Waals surface area contributed by atoms with Crippen LogP contribution in [0.15, 0.2) is 35.1 Å². The number of benzene rings is 1. The number of aryl methyl sites for hydroxylation is 2. The lowest BCUT2D eigenvalue weighted by atomic mass is 10.1. The monoisotopic (exact) mass is 338 g/mol. The molecule has 0 fully saturated rings. The van der Waals surface area contributed by atoms with Gasteiger partial charge >= 0.3 is 0 Å². The van der Waals surface area contributed by atoms with Gasteiger partial charge in [-0.1, -0.05) is 19.1 Å². The quantitative estimate of drug-likeness (QED) is 0.749. The molecule has 0 saturated carbocycles. The van der Waals surface area contributed by atoms with Crippen LogP contribution in [0.2, 0.25) is 0 Å². The first-order valence-corrected chi connectivity index (χ1v) is 8.41. The number of hydrogen-bond acceptors (Lipinski definition) is 3. The Labute approximate surface area is 145 Å². The maximum Gasteiger partial charge on any atom is 0.261 e. The van der Waals surface area contributed by atoms with Crippen LogP contribution in [0, 0.1) is 6.92 Å². The molecule has 0 spiro atoms. The van der Waals surface area contributed by atoms with E-state index in [1.165, 1.54) is 0 Å². The molecule has 0 aliphatic carbocycles. The van der Waals surface area contributed by atoms with E-state index in [4.69, 9.17) is 0 Å². The van der Waals surface area contributed by atoms with Crippen LogP contribution < -0.4 is 5.56 Å². The van der Waals surface area contributed by atoms with Crippen LogP contribution in [0.4, 0.5) is 0 Å². The highest BCUT2D eigenvalue weighted by Gasteiger charge is 2.17. The second-order valence-corrected chi connectivity index (χ2v) is 6.20. The SMILES string of the molecule is CCc1[nH]c(=O)c(C(=O)N(C)CCc2nc3ccccc3[nH]2)cc1C. The Morgan fingerprint density at radius 1 is 1.24 bits per heavy atom. The largest absolute Gasteiger partial charge is 0.342 e. The highest BCUT2D eigenvalue weighted by Crippen LogP contribution is 2.11. The molecule has 2 aromatic heterocycles. The molecule has 0 unspecified atom stereocenters. The Morgan fingerprint density at radius 3 is 2.72 bits per heavy atom. The summed E-state index contributed by atoms with van der Waals surface area (Å²) in [5, 5.41) is 0. The van der Waals surface area contributed by atoms with Crippen LogP contribution in [-0.4, -0.2) is 39.4 Å². The van der Waals surface area contributed by atoms with E-state index in [1.807, 2.05) is 38.1 Å². The van der Waals surface area contributed by atoms with Gasteiger partial charge in [-0.2, -0.15) is 0 Å². The number of imidazole rings is 1. The lowest BCUT2D eigenvalue weighted by Gasteiger charge is -2.16. The molecule has 0 aliphatic heterocycles. The molecule has 0 atom stereocenters. The summed E-state index contributed by atoms with van der Waals surface area (Å²) in [5.74, 6) is 0.551. The van der Waals surface area contributed by atoms with Crippen molar-refractivity contribution in [2.75, 3.05) is 13.6 Å². The van der Waals surface area contributed by atoms with Crippen molar-refractivity contribution in [2.45, 2.75) is 26.7 Å². The molecule has 1 amide bonds. The molecule has 0 saturated heterocycles. The summed E-state index contributed by atoms with van der Waals surface area (Å²) in [6.07, 6.45) is 1.33. The van der Waals surface area contributed by atoms with Gasteiger partial charge in [-0.3, -0.25) is 9.59 Å². The highest BCUT2D eigenvalue weighted by molar-refractivity contribution is 5.93. The number of aromatic amines is 2. The summed E-state index contributed by atoms with van der Waals surface area (Å²) in [6, 6.07) is 9.49. The maximum absolute atomic E-state index is 12.6. The van der Waals surface area contributed by atoms with Gasteiger partial charge in [0, 0.05) is 25.7 Å². The number of rotatable bonds is 5. The van der Waals surface area contributed by atoms with E-state index < -0.39 is 0 Å². The predicted molar refractivity (Wildman–Crippen MR) is 97.9 cm³/mol. The van der Waals surface area contributed by atoms with Crippen LogP contribution >= 0.6 is 0 Å². The molecule has 6 nitrogen and oxygen atoms in total. The van der Waals surface area contributed by atoms with Crippen molar-refractivity contribution in [2.24, 2.45) is 0 Å². The summed E-state index contributed by atoms with van der Waals surface area (Å²) in [4.78, 5) is 36.9. The number of hydrogen-bond donors (Lipinski definition) is 2. The van der Waals surface area contributed by atoms with Crippen LogP contribution in [-0.2, 0) is 12.8 Å². The molecule has 3 aromatic rings. The van der Waals surface area contributed by atoms with Crippen LogP contribution in [0.3, 0.4) is 0 Å². The fourth-order valence-electron chi connectivity index (χ4n) is 2.90. The highest BCUT2D eigenvalue weighted by atomic mass is 16.2. The topological polar surface area (TPSA) is 81.8 Å². The first-order valence-electron chi connectivity index (χ1n) is 8.41. The summed E-state index contributed by atoms with van der Waals surface area (Å²) >= 11 is 0. The van der Waals surface area contributed by atoms with Gasteiger partial charge < -0.3 is 14.9 Å². The molecule has 6 heteroatoms. The van der Waals surface area contributed by atoms with E-state index in [9.17, 15) is 9.59 Å². The lowest BCUT2D eigenvalue weighted by molar-refractivity contribution is 0.0794. The van der Waals surface area contributed by atoms with E-state index in [0.29, 0.717) is 13.0 Å². The van der Waals surface area contributed by atoms with Crippen molar-refractivity contribution in [1.82, 2.24) is 19.9 Å². The zero-order valence-electron chi connectivity index (χ0n) is 14.7. The van der Waals surface area contributed by atoms with Gasteiger partial charge in [-0.15, -0.1) is 0 Å². The number of carbonyl (C=O) groups is 1. The number of fused-ring (bicyclic) bond motifs is 1. The molecule has 2 heterocycles. The number of likely N-dealkylation sites (N-methyl/N-ethyl adjacent to an activating group) is 1. The summed E-state index contributed by atoms with van der Waals surface area (Å²) in [6.45, 7) is 4.35. The minimum atomic E-state index is -0.331. The van der Waals surface area contributed by atoms with Crippen LogP contribution in [0.5, 0.6) is 0 Å². The van der Waals surface area contributed by atoms with E-state index in [0.717, 1.165) is 34.5 Å². The van der Waals surface area contributed by atoms with Crippen LogP contribution in [0.1, 0.15) is 34.4 Å². The summed E-state index contributed by atoms with van der Waals surface area (Å²) < 4.78 is 0. The number of carbonyl (C=O) groups excluding carboxylic acids is 1. The third-order valence-electron chi connectivity index (χ3n) is 4.40. The standard InChI is InChI=1S/C19H22N4O2/c1-4-14-12(2)11-13(18(24)22-14)19(25)23(3)10-9-17-20-15-7-5-6-8-16(15)21-17/h5-8,11H,4,9-10H2,1-3H3,(H,20,21)(H,22,24). The van der Waals surface area contributed by atoms with Crippen molar-refractivity contribution in [3.63, 3.8) is 0 Å². The van der Waals surface area contributed by atoms with Crippen molar-refractivity contribution >= 4 is 16.9 Å². The van der Waals surface area contributed by atoms with Crippen LogP contribution in [0.25, 0.3) is 11.0 Å². The Balaban J connectivity index is 1.72. The van der Waals surface area contributed by atoms with Gasteiger partial charge in [0.25, 0.3) is 11.5 Å². The Kier molecular flexibility index (Phi) is 4.70. The van der Waals surface area contributed by atoms with Crippen molar-refractivity contribution < 1.29 is 4.79 Å². The average molecular weight is 338 g/mol. The molecule has 3 rings (SSSR count). The minimum Gasteiger partial charge on any atom is -0.342 e. The molecule has 0 radical (unpaired) electrons. The second-order valence-electron chi connectivity index (χ2n) is 6.20. The zero-order chi connectivity index (χ0) is 18.0. The molecule has 130 valence electrons. The van der Waals surface area contributed by atoms with Crippen molar-refractivity contribution in [1.29, 1.82) is 0 Å². The predicted octanol–water partition coefficient (Wildman–Crippen LogP) is 2.44. The third kappa shape index (κ3) is 3.47. The summed E-state index contributed by atoms with van der Waals surface area (Å²) in [5.41, 5.74) is 3.54. The smallest absolute Gasteiger partial charge is 0.261 e. The van der Waals surface area contributed by atoms with E-state index in [-0.39, 0.29) is 17.0 Å². The molecule has 0 bridgehead atoms. The maximum atomic E-state index is 12.6. The number of nitrogens with one attached hydrogen (secondary N) is 2. The number of aromatic nitrogens is 3. The Bertz CT molecular complexity index is 938. The number of amides is 1. The molecule has 2 N–H and O–H groups in total. The molecular formula is C19H22N4O2. The molecule has 25 heavy (non-hydrogen) atoms. The molecule has 0 aliphatic rings. The first-order chi connectivity index (χ1) is 12.0. The third-order valence-corrected chi connectivity index (χ3v) is 4.40. The number of H-pyrrole nitrogens is 2. The second kappa shape index (κ2) is 6.93. The van der Waals surface area contributed by atoms with Gasteiger partial charge in [0.1, 0.15) is 11.4 Å². The van der Waals surface area contributed by atoms with Gasteiger partial charge in [0.2, 0.25) is 0 Å².